The Labute approximate surface area is 108 Å². The summed E-state index contributed by atoms with van der Waals surface area (Å²) in [4.78, 5) is 0. The maximum Gasteiger partial charge on any atom is 0.126 e. The van der Waals surface area contributed by atoms with Crippen molar-refractivity contribution >= 4 is 0 Å². The van der Waals surface area contributed by atoms with Gasteiger partial charge in [-0.2, -0.15) is 0 Å². The quantitative estimate of drug-likeness (QED) is 0.862. The molecule has 1 aliphatic carbocycles. The van der Waals surface area contributed by atoms with Crippen LogP contribution >= 0.6 is 0 Å². The molecule has 0 aliphatic heterocycles. The lowest BCUT2D eigenvalue weighted by molar-refractivity contribution is 0.114. The summed E-state index contributed by atoms with van der Waals surface area (Å²) in [6.07, 6.45) is 4.38. The van der Waals surface area contributed by atoms with Gasteiger partial charge < -0.3 is 10.4 Å². The lowest BCUT2D eigenvalue weighted by atomic mass is 9.92. The fourth-order valence-electron chi connectivity index (χ4n) is 2.70. The second kappa shape index (κ2) is 6.30. The van der Waals surface area contributed by atoms with Crippen molar-refractivity contribution in [2.45, 2.75) is 57.2 Å². The van der Waals surface area contributed by atoms with E-state index in [-0.39, 0.29) is 18.0 Å². The highest BCUT2D eigenvalue weighted by molar-refractivity contribution is 5.18. The monoisotopic (exact) mass is 251 g/mol. The average molecular weight is 251 g/mol. The first-order chi connectivity index (χ1) is 8.65. The van der Waals surface area contributed by atoms with Gasteiger partial charge in [0.25, 0.3) is 0 Å². The normalized spacial score (nSPS) is 25.9. The summed E-state index contributed by atoms with van der Waals surface area (Å²) in [5.41, 5.74) is 0.772. The molecule has 0 amide bonds. The molecular weight excluding hydrogens is 229 g/mol. The third-order valence-corrected chi connectivity index (χ3v) is 3.70. The number of aliphatic hydroxyl groups is 1. The van der Waals surface area contributed by atoms with Gasteiger partial charge in [-0.25, -0.2) is 4.39 Å². The molecule has 0 saturated heterocycles. The van der Waals surface area contributed by atoms with Crippen molar-refractivity contribution in [1.82, 2.24) is 5.32 Å². The van der Waals surface area contributed by atoms with Gasteiger partial charge in [-0.1, -0.05) is 18.2 Å². The third kappa shape index (κ3) is 3.79. The van der Waals surface area contributed by atoms with Gasteiger partial charge in [0.2, 0.25) is 0 Å². The minimum absolute atomic E-state index is 0.120. The van der Waals surface area contributed by atoms with Crippen LogP contribution < -0.4 is 5.32 Å². The van der Waals surface area contributed by atoms with E-state index in [0.29, 0.717) is 12.5 Å². The van der Waals surface area contributed by atoms with Crippen LogP contribution in [0.25, 0.3) is 0 Å². The average Bonchev–Trinajstić information content (AvgIpc) is 2.35. The number of nitrogens with one attached hydrogen (secondary N) is 1. The van der Waals surface area contributed by atoms with Crippen molar-refractivity contribution in [2.75, 3.05) is 0 Å². The molecule has 1 atom stereocenters. The molecule has 0 heterocycles. The van der Waals surface area contributed by atoms with E-state index in [1.807, 2.05) is 12.1 Å². The minimum Gasteiger partial charge on any atom is -0.393 e. The summed E-state index contributed by atoms with van der Waals surface area (Å²) in [5.74, 6) is -0.120. The summed E-state index contributed by atoms with van der Waals surface area (Å²) in [6.45, 7) is 2.09. The molecular formula is C15H22FNO. The molecule has 0 bridgehead atoms. The van der Waals surface area contributed by atoms with Crippen molar-refractivity contribution in [3.05, 3.63) is 35.6 Å². The van der Waals surface area contributed by atoms with Crippen molar-refractivity contribution in [3.63, 3.8) is 0 Å². The van der Waals surface area contributed by atoms with E-state index in [1.54, 1.807) is 6.07 Å². The van der Waals surface area contributed by atoms with Gasteiger partial charge in [0.05, 0.1) is 6.10 Å². The van der Waals surface area contributed by atoms with E-state index in [4.69, 9.17) is 0 Å². The Morgan fingerprint density at radius 2 is 1.94 bits per heavy atom. The molecule has 0 spiro atoms. The highest BCUT2D eigenvalue weighted by Gasteiger charge is 2.20. The predicted octanol–water partition coefficient (Wildman–Crippen LogP) is 2.65. The van der Waals surface area contributed by atoms with Crippen LogP contribution in [-0.2, 0) is 6.42 Å². The van der Waals surface area contributed by atoms with Crippen LogP contribution in [0.4, 0.5) is 4.39 Å². The summed E-state index contributed by atoms with van der Waals surface area (Å²) in [6, 6.07) is 7.69. The molecule has 0 radical (unpaired) electrons. The molecule has 1 fully saturated rings. The molecule has 0 aromatic heterocycles. The Bertz CT molecular complexity index is 375. The fourth-order valence-corrected chi connectivity index (χ4v) is 2.70. The molecule has 2 N–H and O–H groups in total. The van der Waals surface area contributed by atoms with E-state index >= 15 is 0 Å². The van der Waals surface area contributed by atoms with Crippen molar-refractivity contribution < 1.29 is 9.50 Å². The summed E-state index contributed by atoms with van der Waals surface area (Å²) in [7, 11) is 0. The molecule has 1 unspecified atom stereocenters. The van der Waals surface area contributed by atoms with Crippen LogP contribution in [0.15, 0.2) is 24.3 Å². The van der Waals surface area contributed by atoms with Crippen LogP contribution in [0.3, 0.4) is 0 Å². The van der Waals surface area contributed by atoms with Gasteiger partial charge >= 0.3 is 0 Å². The zero-order valence-corrected chi connectivity index (χ0v) is 10.9. The molecule has 1 aromatic rings. The topological polar surface area (TPSA) is 32.3 Å². The third-order valence-electron chi connectivity index (χ3n) is 3.70. The van der Waals surface area contributed by atoms with E-state index in [1.165, 1.54) is 6.07 Å². The Kier molecular flexibility index (Phi) is 4.72. The fraction of sp³-hybridized carbons (Fsp3) is 0.600. The molecule has 1 aromatic carbocycles. The van der Waals surface area contributed by atoms with Gasteiger partial charge in [0.1, 0.15) is 5.82 Å². The van der Waals surface area contributed by atoms with E-state index in [9.17, 15) is 9.50 Å². The highest BCUT2D eigenvalue weighted by atomic mass is 19.1. The van der Waals surface area contributed by atoms with Crippen molar-refractivity contribution in [3.8, 4) is 0 Å². The molecule has 18 heavy (non-hydrogen) atoms. The second-order valence-corrected chi connectivity index (χ2v) is 5.37. The first kappa shape index (κ1) is 13.5. The summed E-state index contributed by atoms with van der Waals surface area (Å²) < 4.78 is 13.5. The van der Waals surface area contributed by atoms with Crippen LogP contribution in [0.2, 0.25) is 0 Å². The van der Waals surface area contributed by atoms with Gasteiger partial charge in [0, 0.05) is 12.1 Å². The van der Waals surface area contributed by atoms with Gasteiger partial charge in [-0.05, 0) is 50.7 Å². The molecule has 100 valence electrons. The first-order valence-electron chi connectivity index (χ1n) is 6.82. The molecule has 1 saturated carbocycles. The highest BCUT2D eigenvalue weighted by Crippen LogP contribution is 2.19. The van der Waals surface area contributed by atoms with E-state index < -0.39 is 0 Å². The van der Waals surface area contributed by atoms with Crippen LogP contribution in [-0.4, -0.2) is 23.3 Å². The van der Waals surface area contributed by atoms with Gasteiger partial charge in [0.15, 0.2) is 0 Å². The zero-order valence-electron chi connectivity index (χ0n) is 10.9. The van der Waals surface area contributed by atoms with Crippen LogP contribution in [0, 0.1) is 5.82 Å². The first-order valence-corrected chi connectivity index (χ1v) is 6.82. The number of benzene rings is 1. The summed E-state index contributed by atoms with van der Waals surface area (Å²) >= 11 is 0. The van der Waals surface area contributed by atoms with Crippen LogP contribution in [0.5, 0.6) is 0 Å². The predicted molar refractivity (Wildman–Crippen MR) is 71.0 cm³/mol. The Hall–Kier alpha value is -0.930. The second-order valence-electron chi connectivity index (χ2n) is 5.37. The largest absolute Gasteiger partial charge is 0.393 e. The Balaban J connectivity index is 1.82. The van der Waals surface area contributed by atoms with Crippen molar-refractivity contribution in [1.29, 1.82) is 0 Å². The van der Waals surface area contributed by atoms with E-state index in [0.717, 1.165) is 31.2 Å². The van der Waals surface area contributed by atoms with Gasteiger partial charge in [-0.3, -0.25) is 0 Å². The number of aliphatic hydroxyl groups excluding tert-OH is 1. The minimum atomic E-state index is -0.120. The Morgan fingerprint density at radius 3 is 2.61 bits per heavy atom. The van der Waals surface area contributed by atoms with Crippen molar-refractivity contribution in [2.24, 2.45) is 0 Å². The SMILES string of the molecule is CC(Cc1ccccc1F)NC1CCC(O)CC1. The molecule has 3 heteroatoms. The van der Waals surface area contributed by atoms with E-state index in [2.05, 4.69) is 12.2 Å². The number of halogens is 1. The maximum atomic E-state index is 13.5. The number of rotatable bonds is 4. The lowest BCUT2D eigenvalue weighted by Gasteiger charge is -2.29. The van der Waals surface area contributed by atoms with Crippen LogP contribution in [0.1, 0.15) is 38.2 Å². The Morgan fingerprint density at radius 1 is 1.28 bits per heavy atom. The standard InChI is InChI=1S/C15H22FNO/c1-11(10-12-4-2-3-5-15(12)16)17-13-6-8-14(18)9-7-13/h2-5,11,13-14,17-18H,6-10H2,1H3. The molecule has 2 rings (SSSR count). The number of hydrogen-bond acceptors (Lipinski definition) is 2. The number of hydrogen-bond donors (Lipinski definition) is 2. The summed E-state index contributed by atoms with van der Waals surface area (Å²) in [5, 5.41) is 13.0. The van der Waals surface area contributed by atoms with Gasteiger partial charge in [-0.15, -0.1) is 0 Å². The molecule has 2 nitrogen and oxygen atoms in total. The molecule has 1 aliphatic rings. The lowest BCUT2D eigenvalue weighted by Crippen LogP contribution is -2.40. The zero-order chi connectivity index (χ0) is 13.0. The smallest absolute Gasteiger partial charge is 0.126 e. The maximum absolute atomic E-state index is 13.5.